The van der Waals surface area contributed by atoms with E-state index < -0.39 is 0 Å². The van der Waals surface area contributed by atoms with Gasteiger partial charge in [-0.3, -0.25) is 4.79 Å². The van der Waals surface area contributed by atoms with Gasteiger partial charge in [0, 0.05) is 48.0 Å². The summed E-state index contributed by atoms with van der Waals surface area (Å²) in [6, 6.07) is 7.55. The Morgan fingerprint density at radius 3 is 2.78 bits per heavy atom. The summed E-state index contributed by atoms with van der Waals surface area (Å²) in [7, 11) is 0. The van der Waals surface area contributed by atoms with Gasteiger partial charge < -0.3 is 9.80 Å². The SMILES string of the molecule is Cc1cn2nc([C@@H]3CCCCN3C(=O)c3cccc(Cl)c3C)cc2nc1N1CC[C@H](C)C1. The van der Waals surface area contributed by atoms with Crippen molar-refractivity contribution in [2.24, 2.45) is 5.92 Å². The molecule has 2 aliphatic rings. The number of carbonyl (C=O) groups excluding carboxylic acids is 1. The molecule has 2 fully saturated rings. The van der Waals surface area contributed by atoms with E-state index in [-0.39, 0.29) is 11.9 Å². The Morgan fingerprint density at radius 2 is 2.00 bits per heavy atom. The van der Waals surface area contributed by atoms with Crippen molar-refractivity contribution in [3.63, 3.8) is 0 Å². The molecule has 0 N–H and O–H groups in total. The van der Waals surface area contributed by atoms with Crippen LogP contribution in [-0.4, -0.2) is 45.0 Å². The standard InChI is InChI=1S/C25H30ClN5O/c1-16-10-12-29(14-16)24-17(2)15-31-23(27-24)13-21(28-31)22-9-4-5-11-30(22)25(32)19-7-6-8-20(26)18(19)3/h6-8,13,15-16,22H,4-5,9-12,14H2,1-3H3/t16-,22-/m0/s1. The Hall–Kier alpha value is -2.60. The van der Waals surface area contributed by atoms with E-state index in [1.807, 2.05) is 34.5 Å². The van der Waals surface area contributed by atoms with Gasteiger partial charge in [0.05, 0.1) is 11.7 Å². The van der Waals surface area contributed by atoms with Crippen LogP contribution in [0.5, 0.6) is 0 Å². The fourth-order valence-corrected chi connectivity index (χ4v) is 5.28. The molecule has 2 atom stereocenters. The minimum absolute atomic E-state index is 0.0302. The van der Waals surface area contributed by atoms with E-state index in [1.165, 1.54) is 6.42 Å². The number of benzene rings is 1. The number of nitrogens with zero attached hydrogens (tertiary/aromatic N) is 5. The maximum Gasteiger partial charge on any atom is 0.254 e. The minimum atomic E-state index is -0.0492. The lowest BCUT2D eigenvalue weighted by Crippen LogP contribution is -2.39. The summed E-state index contributed by atoms with van der Waals surface area (Å²) < 4.78 is 1.87. The lowest BCUT2D eigenvalue weighted by atomic mass is 9.97. The molecule has 32 heavy (non-hydrogen) atoms. The van der Waals surface area contributed by atoms with Gasteiger partial charge in [-0.2, -0.15) is 5.10 Å². The molecular weight excluding hydrogens is 422 g/mol. The van der Waals surface area contributed by atoms with Gasteiger partial charge in [-0.1, -0.05) is 24.6 Å². The quantitative estimate of drug-likeness (QED) is 0.548. The topological polar surface area (TPSA) is 53.7 Å². The molecule has 2 aliphatic heterocycles. The summed E-state index contributed by atoms with van der Waals surface area (Å²) in [5.41, 5.74) is 4.40. The second-order valence-electron chi connectivity index (χ2n) is 9.38. The van der Waals surface area contributed by atoms with Gasteiger partial charge in [-0.05, 0) is 63.1 Å². The second kappa shape index (κ2) is 8.39. The third-order valence-electron chi connectivity index (χ3n) is 6.95. The van der Waals surface area contributed by atoms with Gasteiger partial charge in [0.1, 0.15) is 5.82 Å². The molecule has 2 saturated heterocycles. The largest absolute Gasteiger partial charge is 0.356 e. The van der Waals surface area contributed by atoms with Crippen LogP contribution in [0.25, 0.3) is 5.65 Å². The van der Waals surface area contributed by atoms with Crippen LogP contribution in [0.2, 0.25) is 5.02 Å². The fraction of sp³-hybridized carbons (Fsp3) is 0.480. The second-order valence-corrected chi connectivity index (χ2v) is 9.79. The molecule has 0 saturated carbocycles. The number of carbonyl (C=O) groups is 1. The molecule has 0 radical (unpaired) electrons. The highest BCUT2D eigenvalue weighted by molar-refractivity contribution is 6.31. The number of halogens is 1. The number of fused-ring (bicyclic) bond motifs is 1. The Balaban J connectivity index is 1.48. The zero-order chi connectivity index (χ0) is 22.4. The van der Waals surface area contributed by atoms with Crippen LogP contribution in [0.3, 0.4) is 0 Å². The lowest BCUT2D eigenvalue weighted by Gasteiger charge is -2.35. The normalized spacial score (nSPS) is 21.5. The predicted octanol–water partition coefficient (Wildman–Crippen LogP) is 5.21. The number of piperidine rings is 1. The van der Waals surface area contributed by atoms with Crippen molar-refractivity contribution < 1.29 is 4.79 Å². The van der Waals surface area contributed by atoms with Crippen molar-refractivity contribution in [3.8, 4) is 0 Å². The van der Waals surface area contributed by atoms with Crippen molar-refractivity contribution in [3.05, 3.63) is 57.9 Å². The van der Waals surface area contributed by atoms with E-state index in [2.05, 4.69) is 31.0 Å². The first-order valence-electron chi connectivity index (χ1n) is 11.6. The number of amides is 1. The van der Waals surface area contributed by atoms with Crippen LogP contribution in [-0.2, 0) is 0 Å². The van der Waals surface area contributed by atoms with E-state index in [0.29, 0.717) is 16.5 Å². The van der Waals surface area contributed by atoms with Crippen LogP contribution >= 0.6 is 11.6 Å². The number of anilines is 1. The summed E-state index contributed by atoms with van der Waals surface area (Å²) >= 11 is 6.30. The number of likely N-dealkylation sites (tertiary alicyclic amines) is 1. The van der Waals surface area contributed by atoms with Crippen LogP contribution in [0.4, 0.5) is 5.82 Å². The average Bonchev–Trinajstić information content (AvgIpc) is 3.40. The first kappa shape index (κ1) is 21.3. The number of aromatic nitrogens is 3. The molecule has 2 aromatic heterocycles. The van der Waals surface area contributed by atoms with E-state index in [4.69, 9.17) is 21.7 Å². The van der Waals surface area contributed by atoms with Crippen LogP contribution < -0.4 is 4.90 Å². The van der Waals surface area contributed by atoms with E-state index in [1.54, 1.807) is 0 Å². The van der Waals surface area contributed by atoms with Crippen molar-refractivity contribution in [2.45, 2.75) is 52.5 Å². The number of hydrogen-bond acceptors (Lipinski definition) is 4. The summed E-state index contributed by atoms with van der Waals surface area (Å²) in [6.45, 7) is 9.14. The molecule has 0 aliphatic carbocycles. The Kier molecular flexibility index (Phi) is 5.58. The monoisotopic (exact) mass is 451 g/mol. The van der Waals surface area contributed by atoms with Crippen molar-refractivity contribution >= 4 is 29.0 Å². The zero-order valence-corrected chi connectivity index (χ0v) is 19.8. The van der Waals surface area contributed by atoms with Gasteiger partial charge in [-0.15, -0.1) is 0 Å². The molecule has 1 aromatic carbocycles. The van der Waals surface area contributed by atoms with E-state index >= 15 is 0 Å². The Labute approximate surface area is 194 Å². The van der Waals surface area contributed by atoms with Gasteiger partial charge >= 0.3 is 0 Å². The van der Waals surface area contributed by atoms with Crippen LogP contribution in [0.15, 0.2) is 30.5 Å². The highest BCUT2D eigenvalue weighted by Gasteiger charge is 2.32. The third kappa shape index (κ3) is 3.75. The average molecular weight is 452 g/mol. The van der Waals surface area contributed by atoms with E-state index in [0.717, 1.165) is 67.2 Å². The molecule has 0 bridgehead atoms. The first-order chi connectivity index (χ1) is 15.4. The number of rotatable bonds is 3. The molecular formula is C25H30ClN5O. The van der Waals surface area contributed by atoms with Gasteiger partial charge in [0.2, 0.25) is 0 Å². The zero-order valence-electron chi connectivity index (χ0n) is 19.0. The highest BCUT2D eigenvalue weighted by Crippen LogP contribution is 2.34. The van der Waals surface area contributed by atoms with Crippen molar-refractivity contribution in [2.75, 3.05) is 24.5 Å². The summed E-state index contributed by atoms with van der Waals surface area (Å²) in [4.78, 5) is 22.8. The van der Waals surface area contributed by atoms with Gasteiger partial charge in [0.25, 0.3) is 5.91 Å². The molecule has 7 heteroatoms. The molecule has 6 nitrogen and oxygen atoms in total. The number of aryl methyl sites for hydroxylation is 1. The highest BCUT2D eigenvalue weighted by atomic mass is 35.5. The first-order valence-corrected chi connectivity index (χ1v) is 12.0. The molecule has 4 heterocycles. The smallest absolute Gasteiger partial charge is 0.254 e. The van der Waals surface area contributed by atoms with Gasteiger partial charge in [0.15, 0.2) is 5.65 Å². The third-order valence-corrected chi connectivity index (χ3v) is 7.36. The molecule has 168 valence electrons. The molecule has 1 amide bonds. The maximum absolute atomic E-state index is 13.5. The molecule has 3 aromatic rings. The van der Waals surface area contributed by atoms with Gasteiger partial charge in [-0.25, -0.2) is 9.50 Å². The van der Waals surface area contributed by atoms with Crippen LogP contribution in [0.1, 0.15) is 65.8 Å². The van der Waals surface area contributed by atoms with Crippen LogP contribution in [0, 0.1) is 19.8 Å². The predicted molar refractivity (Wildman–Crippen MR) is 128 cm³/mol. The lowest BCUT2D eigenvalue weighted by molar-refractivity contribution is 0.0605. The Morgan fingerprint density at radius 1 is 1.16 bits per heavy atom. The molecule has 0 unspecified atom stereocenters. The van der Waals surface area contributed by atoms with E-state index in [9.17, 15) is 4.79 Å². The Bertz CT molecular complexity index is 1170. The maximum atomic E-state index is 13.5. The van der Waals surface area contributed by atoms with Crippen molar-refractivity contribution in [1.29, 1.82) is 0 Å². The summed E-state index contributed by atoms with van der Waals surface area (Å²) in [5.74, 6) is 1.78. The molecule has 0 spiro atoms. The van der Waals surface area contributed by atoms with Crippen molar-refractivity contribution in [1.82, 2.24) is 19.5 Å². The summed E-state index contributed by atoms with van der Waals surface area (Å²) in [6.07, 6.45) is 6.27. The fourth-order valence-electron chi connectivity index (χ4n) is 5.11. The summed E-state index contributed by atoms with van der Waals surface area (Å²) in [5, 5.41) is 5.49. The molecule has 5 rings (SSSR count). The minimum Gasteiger partial charge on any atom is -0.356 e. The number of hydrogen-bond donors (Lipinski definition) is 0.